The van der Waals surface area contributed by atoms with Crippen molar-refractivity contribution in [2.75, 3.05) is 5.73 Å². The summed E-state index contributed by atoms with van der Waals surface area (Å²) < 4.78 is 0.773. The third-order valence-corrected chi connectivity index (χ3v) is 4.86. The SMILES string of the molecule is Nc1ccc2c(c1)CCC2(O)c1nc(Br)cs1. The second-order valence-electron chi connectivity index (χ2n) is 4.25. The highest BCUT2D eigenvalue weighted by Gasteiger charge is 2.40. The molecule has 0 fully saturated rings. The fourth-order valence-corrected chi connectivity index (χ4v) is 3.74. The zero-order chi connectivity index (χ0) is 12.0. The molecule has 1 heterocycles. The lowest BCUT2D eigenvalue weighted by molar-refractivity contribution is 0.0825. The van der Waals surface area contributed by atoms with Crippen molar-refractivity contribution in [3.63, 3.8) is 0 Å². The van der Waals surface area contributed by atoms with Crippen LogP contribution in [-0.2, 0) is 12.0 Å². The number of aryl methyl sites for hydroxylation is 1. The number of nitrogens with zero attached hydrogens (tertiary/aromatic N) is 1. The van der Waals surface area contributed by atoms with Crippen LogP contribution in [0, 0.1) is 0 Å². The monoisotopic (exact) mass is 310 g/mol. The highest BCUT2D eigenvalue weighted by Crippen LogP contribution is 2.43. The number of thiazole rings is 1. The lowest BCUT2D eigenvalue weighted by atomic mass is 9.96. The molecule has 0 bridgehead atoms. The standard InChI is InChI=1S/C12H11BrN2OS/c13-10-6-17-11(15-10)12(16)4-3-7-5-8(14)1-2-9(7)12/h1-2,5-6,16H,3-4,14H2. The number of nitrogens with two attached hydrogens (primary N) is 1. The van der Waals surface area contributed by atoms with E-state index >= 15 is 0 Å². The summed E-state index contributed by atoms with van der Waals surface area (Å²) >= 11 is 4.80. The van der Waals surface area contributed by atoms with Crippen molar-refractivity contribution in [1.29, 1.82) is 0 Å². The molecule has 1 aliphatic rings. The minimum Gasteiger partial charge on any atom is -0.399 e. The van der Waals surface area contributed by atoms with Gasteiger partial charge in [0.15, 0.2) is 0 Å². The molecule has 5 heteroatoms. The number of aromatic nitrogens is 1. The first-order chi connectivity index (χ1) is 8.09. The maximum absolute atomic E-state index is 10.8. The molecule has 3 rings (SSSR count). The topological polar surface area (TPSA) is 59.1 Å². The first-order valence-corrected chi connectivity index (χ1v) is 6.99. The summed E-state index contributed by atoms with van der Waals surface area (Å²) in [5.74, 6) is 0. The van der Waals surface area contributed by atoms with E-state index in [9.17, 15) is 5.11 Å². The zero-order valence-corrected chi connectivity index (χ0v) is 11.4. The van der Waals surface area contributed by atoms with Crippen molar-refractivity contribution in [3.05, 3.63) is 44.3 Å². The van der Waals surface area contributed by atoms with E-state index in [4.69, 9.17) is 5.73 Å². The zero-order valence-electron chi connectivity index (χ0n) is 8.98. The van der Waals surface area contributed by atoms with E-state index in [-0.39, 0.29) is 0 Å². The molecule has 3 nitrogen and oxygen atoms in total. The van der Waals surface area contributed by atoms with Crippen LogP contribution in [0.4, 0.5) is 5.69 Å². The molecule has 1 atom stereocenters. The van der Waals surface area contributed by atoms with Crippen LogP contribution in [-0.4, -0.2) is 10.1 Å². The number of aliphatic hydroxyl groups is 1. The van der Waals surface area contributed by atoms with Crippen LogP contribution in [0.3, 0.4) is 0 Å². The molecular weight excluding hydrogens is 300 g/mol. The molecule has 88 valence electrons. The number of benzene rings is 1. The van der Waals surface area contributed by atoms with Crippen molar-refractivity contribution < 1.29 is 5.11 Å². The van der Waals surface area contributed by atoms with Gasteiger partial charge >= 0.3 is 0 Å². The lowest BCUT2D eigenvalue weighted by Crippen LogP contribution is -2.23. The Bertz CT molecular complexity index is 584. The smallest absolute Gasteiger partial charge is 0.142 e. The fourth-order valence-electron chi connectivity index (χ4n) is 2.34. The summed E-state index contributed by atoms with van der Waals surface area (Å²) in [7, 11) is 0. The largest absolute Gasteiger partial charge is 0.399 e. The third kappa shape index (κ3) is 1.69. The summed E-state index contributed by atoms with van der Waals surface area (Å²) in [4.78, 5) is 4.34. The van der Waals surface area contributed by atoms with Crippen molar-refractivity contribution in [1.82, 2.24) is 4.98 Å². The number of anilines is 1. The summed E-state index contributed by atoms with van der Waals surface area (Å²) in [5.41, 5.74) is 7.62. The fraction of sp³-hybridized carbons (Fsp3) is 0.250. The van der Waals surface area contributed by atoms with E-state index in [0.29, 0.717) is 6.42 Å². The van der Waals surface area contributed by atoms with Gasteiger partial charge < -0.3 is 10.8 Å². The molecule has 3 N–H and O–H groups in total. The van der Waals surface area contributed by atoms with Gasteiger partial charge in [-0.1, -0.05) is 6.07 Å². The van der Waals surface area contributed by atoms with Crippen molar-refractivity contribution in [2.24, 2.45) is 0 Å². The van der Waals surface area contributed by atoms with Gasteiger partial charge in [0.25, 0.3) is 0 Å². The van der Waals surface area contributed by atoms with Crippen LogP contribution in [0.1, 0.15) is 22.6 Å². The number of nitrogen functional groups attached to an aromatic ring is 1. The van der Waals surface area contributed by atoms with Gasteiger partial charge in [-0.3, -0.25) is 0 Å². The van der Waals surface area contributed by atoms with Crippen molar-refractivity contribution >= 4 is 33.0 Å². The first kappa shape index (κ1) is 11.2. The maximum Gasteiger partial charge on any atom is 0.142 e. The predicted octanol–water partition coefficient (Wildman–Crippen LogP) is 2.67. The average molecular weight is 311 g/mol. The molecule has 1 aromatic carbocycles. The second kappa shape index (κ2) is 3.80. The number of hydrogen-bond acceptors (Lipinski definition) is 4. The number of hydrogen-bond donors (Lipinski definition) is 2. The van der Waals surface area contributed by atoms with E-state index < -0.39 is 5.60 Å². The Kier molecular flexibility index (Phi) is 2.50. The van der Waals surface area contributed by atoms with Crippen LogP contribution >= 0.6 is 27.3 Å². The summed E-state index contributed by atoms with van der Waals surface area (Å²) in [6.07, 6.45) is 1.51. The van der Waals surface area contributed by atoms with Crippen LogP contribution in [0.5, 0.6) is 0 Å². The lowest BCUT2D eigenvalue weighted by Gasteiger charge is -2.21. The van der Waals surface area contributed by atoms with E-state index in [1.807, 2.05) is 23.6 Å². The van der Waals surface area contributed by atoms with Gasteiger partial charge in [-0.05, 0) is 52.0 Å². The molecular formula is C12H11BrN2OS. The van der Waals surface area contributed by atoms with Gasteiger partial charge in [-0.2, -0.15) is 0 Å². The van der Waals surface area contributed by atoms with Gasteiger partial charge in [-0.25, -0.2) is 4.98 Å². The van der Waals surface area contributed by atoms with E-state index in [1.54, 1.807) is 0 Å². The molecule has 1 aromatic heterocycles. The number of halogens is 1. The Balaban J connectivity index is 2.13. The number of fused-ring (bicyclic) bond motifs is 1. The second-order valence-corrected chi connectivity index (χ2v) is 5.92. The van der Waals surface area contributed by atoms with Gasteiger partial charge in [0, 0.05) is 11.1 Å². The minimum atomic E-state index is -0.945. The van der Waals surface area contributed by atoms with Crippen LogP contribution in [0.25, 0.3) is 0 Å². The highest BCUT2D eigenvalue weighted by atomic mass is 79.9. The van der Waals surface area contributed by atoms with Crippen molar-refractivity contribution in [3.8, 4) is 0 Å². The molecule has 0 radical (unpaired) electrons. The Morgan fingerprint density at radius 2 is 2.29 bits per heavy atom. The molecule has 0 amide bonds. The van der Waals surface area contributed by atoms with E-state index in [0.717, 1.165) is 32.8 Å². The van der Waals surface area contributed by atoms with Crippen LogP contribution in [0.15, 0.2) is 28.2 Å². The predicted molar refractivity (Wildman–Crippen MR) is 72.0 cm³/mol. The van der Waals surface area contributed by atoms with E-state index in [1.165, 1.54) is 11.3 Å². The molecule has 1 unspecified atom stereocenters. The van der Waals surface area contributed by atoms with Gasteiger partial charge in [0.05, 0.1) is 0 Å². The molecule has 0 saturated carbocycles. The normalized spacial score (nSPS) is 22.7. The molecule has 17 heavy (non-hydrogen) atoms. The summed E-state index contributed by atoms with van der Waals surface area (Å²) in [5, 5.41) is 13.4. The summed E-state index contributed by atoms with van der Waals surface area (Å²) in [6, 6.07) is 5.68. The van der Waals surface area contributed by atoms with Crippen LogP contribution < -0.4 is 5.73 Å². The third-order valence-electron chi connectivity index (χ3n) is 3.16. The Morgan fingerprint density at radius 3 is 3.00 bits per heavy atom. The van der Waals surface area contributed by atoms with Gasteiger partial charge in [0.2, 0.25) is 0 Å². The van der Waals surface area contributed by atoms with E-state index in [2.05, 4.69) is 20.9 Å². The molecule has 2 aromatic rings. The maximum atomic E-state index is 10.8. The minimum absolute atomic E-state index is 0.672. The highest BCUT2D eigenvalue weighted by molar-refractivity contribution is 9.10. The number of rotatable bonds is 1. The average Bonchev–Trinajstić information content (AvgIpc) is 2.85. The first-order valence-electron chi connectivity index (χ1n) is 5.32. The van der Waals surface area contributed by atoms with Crippen molar-refractivity contribution in [2.45, 2.75) is 18.4 Å². The molecule has 1 aliphatic carbocycles. The van der Waals surface area contributed by atoms with Crippen LogP contribution in [0.2, 0.25) is 0 Å². The van der Waals surface area contributed by atoms with Gasteiger partial charge in [-0.15, -0.1) is 11.3 Å². The quantitative estimate of drug-likeness (QED) is 0.796. The Hall–Kier alpha value is -0.910. The molecule has 0 saturated heterocycles. The molecule has 0 aliphatic heterocycles. The Labute approximate surface area is 111 Å². The van der Waals surface area contributed by atoms with Gasteiger partial charge in [0.1, 0.15) is 15.2 Å². The summed E-state index contributed by atoms with van der Waals surface area (Å²) in [6.45, 7) is 0. The Morgan fingerprint density at radius 1 is 1.47 bits per heavy atom. The molecule has 0 spiro atoms.